The van der Waals surface area contributed by atoms with Crippen LogP contribution in [-0.2, 0) is 12.8 Å². The average molecular weight is 603 g/mol. The van der Waals surface area contributed by atoms with E-state index in [-0.39, 0.29) is 0 Å². The van der Waals surface area contributed by atoms with Gasteiger partial charge in [-0.15, -0.1) is 10.2 Å². The molecule has 0 aliphatic heterocycles. The zero-order chi connectivity index (χ0) is 26.7. The first-order chi connectivity index (χ1) is 18.3. The van der Waals surface area contributed by atoms with Crippen molar-refractivity contribution in [2.24, 2.45) is 0 Å². The third kappa shape index (κ3) is 6.60. The number of hydrogen-bond acceptors (Lipinski definition) is 4. The Hall–Kier alpha value is -1.54. The van der Waals surface area contributed by atoms with Gasteiger partial charge in [0.05, 0.1) is 11.8 Å². The lowest BCUT2D eigenvalue weighted by molar-refractivity contribution is -2.00. The summed E-state index contributed by atoms with van der Waals surface area (Å²) < 4.78 is 37.9. The zero-order valence-electron chi connectivity index (χ0n) is 21.9. The van der Waals surface area contributed by atoms with Gasteiger partial charge in [0, 0.05) is 27.7 Å². The minimum atomic E-state index is -4.94. The highest BCUT2D eigenvalue weighted by molar-refractivity contribution is 9.10. The molecule has 0 bridgehead atoms. The van der Waals surface area contributed by atoms with Crippen LogP contribution < -0.4 is 23.2 Å². The molecule has 0 fully saturated rings. The summed E-state index contributed by atoms with van der Waals surface area (Å²) in [6, 6.07) is 11.8. The molecule has 4 aliphatic carbocycles. The normalized spacial score (nSPS) is 23.3. The van der Waals surface area contributed by atoms with Gasteiger partial charge < -0.3 is 0 Å². The monoisotopic (exact) mass is 601 g/mol. The van der Waals surface area contributed by atoms with Crippen LogP contribution in [0.4, 0.5) is 0 Å². The summed E-state index contributed by atoms with van der Waals surface area (Å²) in [6.45, 7) is 0. The molecule has 1 aromatic carbocycles. The first-order valence-electron chi connectivity index (χ1n) is 14.2. The third-order valence-corrected chi connectivity index (χ3v) is 9.19. The number of aromatic nitrogens is 1. The number of hydrogen-bond donors (Lipinski definition) is 0. The van der Waals surface area contributed by atoms with E-state index in [2.05, 4.69) is 63.0 Å². The molecule has 38 heavy (non-hydrogen) atoms. The van der Waals surface area contributed by atoms with Crippen molar-refractivity contribution in [1.82, 2.24) is 0 Å². The fraction of sp³-hybridized carbons (Fsp3) is 0.516. The molecule has 2 atom stereocenters. The van der Waals surface area contributed by atoms with Gasteiger partial charge in [-0.1, -0.05) is 39.2 Å². The molecule has 1 heterocycles. The van der Waals surface area contributed by atoms with Crippen LogP contribution in [0.15, 0.2) is 58.1 Å². The van der Waals surface area contributed by atoms with Crippen molar-refractivity contribution < 1.29 is 33.4 Å². The van der Waals surface area contributed by atoms with Crippen LogP contribution in [0.5, 0.6) is 0 Å². The number of fused-ring (bicyclic) bond motifs is 2. The molecule has 204 valence electrons. The lowest BCUT2D eigenvalue weighted by Crippen LogP contribution is -2.68. The van der Waals surface area contributed by atoms with Crippen molar-refractivity contribution >= 4 is 15.9 Å². The Bertz CT molecular complexity index is 1130. The average Bonchev–Trinajstić information content (AvgIpc) is 2.92. The van der Waals surface area contributed by atoms with Gasteiger partial charge in [0.15, 0.2) is 11.4 Å². The van der Waals surface area contributed by atoms with Crippen LogP contribution >= 0.6 is 15.9 Å². The minimum absolute atomic E-state index is 0.603. The molecule has 5 nitrogen and oxygen atoms in total. The molecule has 0 spiro atoms. The number of halogens is 2. The molecule has 7 heteroatoms. The molecule has 4 aliphatic rings. The van der Waals surface area contributed by atoms with E-state index in [1.54, 1.807) is 33.7 Å². The van der Waals surface area contributed by atoms with Crippen molar-refractivity contribution in [3.63, 3.8) is 0 Å². The van der Waals surface area contributed by atoms with Gasteiger partial charge in [-0.2, -0.15) is 4.57 Å². The standard InChI is InChI=1S/C31H37BrN.ClHO4/c32-26-17-19-27(20-18-26)33-30-24(13-7-15-28(30)22-9-3-1-4-10-22)21-25-14-8-16-29(31(25)33)23-11-5-2-6-12-23;2-1(3,4)5/h9,11,17-21,28-29H,1-8,10,12-16H2;(H,2,3,4,5)/q+1;/p-1. The largest absolute Gasteiger partial charge is 0.222 e. The number of rotatable bonds is 3. The lowest BCUT2D eigenvalue weighted by atomic mass is 9.74. The van der Waals surface area contributed by atoms with E-state index in [0.717, 1.165) is 0 Å². The van der Waals surface area contributed by atoms with E-state index in [1.807, 2.05) is 0 Å². The van der Waals surface area contributed by atoms with Crippen LogP contribution in [-0.4, -0.2) is 0 Å². The Kier molecular flexibility index (Phi) is 9.08. The highest BCUT2D eigenvalue weighted by Gasteiger charge is 2.41. The summed E-state index contributed by atoms with van der Waals surface area (Å²) in [5.74, 6) is 1.21. The fourth-order valence-electron chi connectivity index (χ4n) is 7.15. The first kappa shape index (κ1) is 28.0. The predicted octanol–water partition coefficient (Wildman–Crippen LogP) is 3.81. The van der Waals surface area contributed by atoms with Crippen molar-refractivity contribution in [1.29, 1.82) is 0 Å². The Morgan fingerprint density at radius 3 is 1.55 bits per heavy atom. The van der Waals surface area contributed by atoms with Crippen molar-refractivity contribution in [2.45, 2.75) is 102 Å². The summed E-state index contributed by atoms with van der Waals surface area (Å²) in [4.78, 5) is 0. The maximum atomic E-state index is 8.49. The number of nitrogens with zero attached hydrogens (tertiary/aromatic N) is 1. The van der Waals surface area contributed by atoms with E-state index in [0.29, 0.717) is 11.8 Å². The van der Waals surface area contributed by atoms with E-state index in [1.165, 1.54) is 100 Å². The van der Waals surface area contributed by atoms with Crippen LogP contribution in [0.3, 0.4) is 0 Å². The summed E-state index contributed by atoms with van der Waals surface area (Å²) >= 11 is 3.69. The van der Waals surface area contributed by atoms with Gasteiger partial charge in [0.2, 0.25) is 5.69 Å². The zero-order valence-corrected chi connectivity index (χ0v) is 24.3. The van der Waals surface area contributed by atoms with Gasteiger partial charge in [-0.05, 0) is 108 Å². The quantitative estimate of drug-likeness (QED) is 0.394. The summed E-state index contributed by atoms with van der Waals surface area (Å²) in [5.41, 5.74) is 11.4. The molecule has 1 aromatic heterocycles. The lowest BCUT2D eigenvalue weighted by Gasteiger charge is -2.32. The van der Waals surface area contributed by atoms with E-state index < -0.39 is 10.2 Å². The number of pyridine rings is 1. The van der Waals surface area contributed by atoms with Crippen molar-refractivity contribution in [3.05, 3.63) is 80.6 Å². The molecule has 2 aromatic rings. The second-order valence-corrected chi connectivity index (χ2v) is 12.8. The van der Waals surface area contributed by atoms with E-state index >= 15 is 0 Å². The topological polar surface area (TPSA) is 96.1 Å². The number of aryl methyl sites for hydroxylation is 2. The summed E-state index contributed by atoms with van der Waals surface area (Å²) in [7, 11) is -4.94. The smallest absolute Gasteiger partial charge is 0.211 e. The third-order valence-electron chi connectivity index (χ3n) is 8.66. The molecule has 2 unspecified atom stereocenters. The summed E-state index contributed by atoms with van der Waals surface area (Å²) in [6.07, 6.45) is 23.7. The Balaban J connectivity index is 0.000000540. The van der Waals surface area contributed by atoms with Crippen LogP contribution in [0.2, 0.25) is 0 Å². The maximum Gasteiger partial charge on any atom is 0.211 e. The molecule has 0 saturated carbocycles. The predicted molar refractivity (Wildman–Crippen MR) is 140 cm³/mol. The Morgan fingerprint density at radius 1 is 0.658 bits per heavy atom. The molecular weight excluding hydrogens is 566 g/mol. The SMILES string of the molecule is Brc1ccc(-[n+]2c3c(cc4c2C(C2=CCCCC2)CCC4)CCCC3C2=CCCCC2)cc1.[O-][Cl+3]([O-])([O-])[O-]. The van der Waals surface area contributed by atoms with E-state index in [4.69, 9.17) is 18.6 Å². The fourth-order valence-corrected chi connectivity index (χ4v) is 7.42. The molecule has 0 radical (unpaired) electrons. The second kappa shape index (κ2) is 12.3. The second-order valence-electron chi connectivity index (χ2n) is 11.1. The van der Waals surface area contributed by atoms with Crippen LogP contribution in [0.1, 0.15) is 111 Å². The van der Waals surface area contributed by atoms with Crippen LogP contribution in [0, 0.1) is 10.2 Å². The maximum absolute atomic E-state index is 8.49. The first-order valence-corrected chi connectivity index (χ1v) is 16.2. The minimum Gasteiger partial charge on any atom is -0.222 e. The molecule has 0 saturated heterocycles. The Labute approximate surface area is 236 Å². The van der Waals surface area contributed by atoms with Gasteiger partial charge >= 0.3 is 0 Å². The van der Waals surface area contributed by atoms with Crippen molar-refractivity contribution in [2.75, 3.05) is 0 Å². The molecule has 0 amide bonds. The number of benzene rings is 1. The van der Waals surface area contributed by atoms with E-state index in [9.17, 15) is 0 Å². The van der Waals surface area contributed by atoms with Crippen LogP contribution in [0.25, 0.3) is 5.69 Å². The highest BCUT2D eigenvalue weighted by atomic mass is 79.9. The van der Waals surface area contributed by atoms with Gasteiger partial charge in [0.1, 0.15) is 0 Å². The Morgan fingerprint density at radius 2 is 1.13 bits per heavy atom. The number of allylic oxidation sites excluding steroid dienone is 4. The molecule has 0 N–H and O–H groups in total. The van der Waals surface area contributed by atoms with Crippen molar-refractivity contribution in [3.8, 4) is 5.69 Å². The molecule has 6 rings (SSSR count). The van der Waals surface area contributed by atoms with Gasteiger partial charge in [-0.3, -0.25) is 0 Å². The summed E-state index contributed by atoms with van der Waals surface area (Å²) in [5, 5.41) is 0. The van der Waals surface area contributed by atoms with Gasteiger partial charge in [0.25, 0.3) is 0 Å². The molecular formula is C31H37BrClNO4. The van der Waals surface area contributed by atoms with Gasteiger partial charge in [-0.25, -0.2) is 18.6 Å². The highest BCUT2D eigenvalue weighted by Crippen LogP contribution is 2.44.